The van der Waals surface area contributed by atoms with Crippen LogP contribution in [-0.2, 0) is 24.3 Å². The summed E-state index contributed by atoms with van der Waals surface area (Å²) in [5, 5.41) is 3.19. The number of nitrogens with one attached hydrogen (secondary N) is 1. The Hall–Kier alpha value is -4.01. The van der Waals surface area contributed by atoms with Gasteiger partial charge in [-0.2, -0.15) is 0 Å². The molecule has 1 aromatic carbocycles. The number of imidazole rings is 1. The molecular weight excluding hydrogens is 401 g/mol. The van der Waals surface area contributed by atoms with Crippen molar-refractivity contribution in [3.8, 4) is 16.9 Å². The molecule has 0 unspecified atom stereocenters. The van der Waals surface area contributed by atoms with Crippen LogP contribution in [0.25, 0.3) is 16.6 Å². The molecule has 1 N–H and O–H groups in total. The van der Waals surface area contributed by atoms with E-state index in [0.29, 0.717) is 41.5 Å². The molecule has 2 aliphatic heterocycles. The predicted molar refractivity (Wildman–Crippen MR) is 108 cm³/mol. The molecule has 31 heavy (non-hydrogen) atoms. The summed E-state index contributed by atoms with van der Waals surface area (Å²) < 4.78 is 27.1. The Balaban J connectivity index is 1.45. The highest BCUT2D eigenvalue weighted by molar-refractivity contribution is 6.01. The summed E-state index contributed by atoms with van der Waals surface area (Å²) in [5.74, 6) is 0.327. The van der Waals surface area contributed by atoms with Crippen LogP contribution in [0, 0.1) is 5.82 Å². The van der Waals surface area contributed by atoms with Crippen molar-refractivity contribution in [1.29, 1.82) is 0 Å². The molecule has 4 aromatic rings. The van der Waals surface area contributed by atoms with E-state index in [1.54, 1.807) is 22.9 Å². The van der Waals surface area contributed by atoms with E-state index >= 15 is 0 Å². The van der Waals surface area contributed by atoms with Crippen molar-refractivity contribution >= 4 is 17.4 Å². The fourth-order valence-corrected chi connectivity index (χ4v) is 4.17. The molecule has 6 rings (SSSR count). The number of carbonyl (C=O) groups excluding carboxylic acids is 1. The minimum Gasteiger partial charge on any atom is -0.493 e. The Morgan fingerprint density at radius 2 is 2.06 bits per heavy atom. The number of benzene rings is 1. The fraction of sp³-hybridized carbons (Fsp3) is 0.182. The Kier molecular flexibility index (Phi) is 3.89. The first kappa shape index (κ1) is 17.8. The van der Waals surface area contributed by atoms with E-state index in [-0.39, 0.29) is 24.7 Å². The summed E-state index contributed by atoms with van der Waals surface area (Å²) in [6.45, 7) is 0.827. The summed E-state index contributed by atoms with van der Waals surface area (Å²) in [4.78, 5) is 25.7. The molecule has 0 saturated heterocycles. The average molecular weight is 417 g/mol. The number of ether oxygens (including phenoxy) is 2. The Morgan fingerprint density at radius 3 is 3.00 bits per heavy atom. The first-order valence-electron chi connectivity index (χ1n) is 9.85. The predicted octanol–water partition coefficient (Wildman–Crippen LogP) is 3.15. The number of carbonyl (C=O) groups is 1. The molecule has 0 fully saturated rings. The molecule has 9 heteroatoms. The smallest absolute Gasteiger partial charge is 0.359 e. The van der Waals surface area contributed by atoms with Crippen LogP contribution in [0.5, 0.6) is 5.75 Å². The van der Waals surface area contributed by atoms with E-state index in [2.05, 4.69) is 20.3 Å². The number of rotatable bonds is 3. The molecule has 0 radical (unpaired) electrons. The third-order valence-corrected chi connectivity index (χ3v) is 5.64. The second-order valence-electron chi connectivity index (χ2n) is 7.34. The van der Waals surface area contributed by atoms with Crippen LogP contribution in [0.4, 0.5) is 10.3 Å². The van der Waals surface area contributed by atoms with Gasteiger partial charge in [0.1, 0.15) is 24.5 Å². The summed E-state index contributed by atoms with van der Waals surface area (Å²) >= 11 is 0. The van der Waals surface area contributed by atoms with E-state index in [1.807, 2.05) is 12.1 Å². The normalized spacial score (nSPS) is 14.3. The van der Waals surface area contributed by atoms with Crippen LogP contribution < -0.4 is 10.1 Å². The third kappa shape index (κ3) is 2.73. The van der Waals surface area contributed by atoms with E-state index < -0.39 is 5.97 Å². The van der Waals surface area contributed by atoms with Crippen molar-refractivity contribution < 1.29 is 18.7 Å². The van der Waals surface area contributed by atoms with Crippen molar-refractivity contribution in [3.05, 3.63) is 71.3 Å². The minimum atomic E-state index is -0.527. The largest absolute Gasteiger partial charge is 0.493 e. The molecule has 0 amide bonds. The van der Waals surface area contributed by atoms with Gasteiger partial charge < -0.3 is 14.8 Å². The number of hydrogen-bond acceptors (Lipinski definition) is 7. The van der Waals surface area contributed by atoms with E-state index in [9.17, 15) is 9.18 Å². The molecule has 0 spiro atoms. The number of aromatic nitrogens is 4. The Labute approximate surface area is 175 Å². The van der Waals surface area contributed by atoms with Crippen LogP contribution in [-0.4, -0.2) is 31.9 Å². The molecule has 0 saturated carbocycles. The van der Waals surface area contributed by atoms with Crippen molar-refractivity contribution in [2.75, 3.05) is 11.9 Å². The number of halogens is 1. The van der Waals surface area contributed by atoms with Gasteiger partial charge in [0.15, 0.2) is 5.69 Å². The van der Waals surface area contributed by atoms with Crippen LogP contribution >= 0.6 is 0 Å². The highest BCUT2D eigenvalue weighted by Gasteiger charge is 2.26. The number of cyclic esters (lactones) is 1. The first-order valence-corrected chi connectivity index (χ1v) is 9.85. The van der Waals surface area contributed by atoms with Crippen LogP contribution in [0.3, 0.4) is 0 Å². The van der Waals surface area contributed by atoms with Gasteiger partial charge in [-0.3, -0.25) is 9.38 Å². The minimum absolute atomic E-state index is 0.0634. The van der Waals surface area contributed by atoms with Crippen LogP contribution in [0.2, 0.25) is 0 Å². The molecule has 3 aromatic heterocycles. The maximum atomic E-state index is 14.5. The second kappa shape index (κ2) is 6.76. The van der Waals surface area contributed by atoms with Gasteiger partial charge in [0.25, 0.3) is 0 Å². The van der Waals surface area contributed by atoms with Gasteiger partial charge >= 0.3 is 5.97 Å². The Morgan fingerprint density at radius 1 is 1.13 bits per heavy atom. The van der Waals surface area contributed by atoms with E-state index in [0.717, 1.165) is 16.7 Å². The number of nitrogens with zero attached hydrogens (tertiary/aromatic N) is 4. The average Bonchev–Trinajstić information content (AvgIpc) is 3.44. The standard InChI is InChI=1S/C22H16FN5O3/c23-16-3-4-18-13(5-7-30-18)14(16)8-25-22-26-9-15-12-2-1-6-24-17(12)10-31-21(29)19-20(15)28(22)11-27-19/h1-4,6,9,11H,5,7-8,10H2,(H,25,26). The van der Waals surface area contributed by atoms with Crippen molar-refractivity contribution in [1.82, 2.24) is 19.4 Å². The number of fused-ring (bicyclic) bond motifs is 3. The molecule has 2 aliphatic rings. The quantitative estimate of drug-likeness (QED) is 0.512. The highest BCUT2D eigenvalue weighted by atomic mass is 19.1. The lowest BCUT2D eigenvalue weighted by atomic mass is 10.0. The SMILES string of the molecule is O=C1OCc2ncccc2-c2cnc(NCc3c(F)ccc4c3CCO4)n3cnc1c23. The molecule has 5 heterocycles. The summed E-state index contributed by atoms with van der Waals surface area (Å²) in [6.07, 6.45) is 5.51. The molecule has 0 atom stereocenters. The molecule has 0 bridgehead atoms. The monoisotopic (exact) mass is 417 g/mol. The summed E-state index contributed by atoms with van der Waals surface area (Å²) in [7, 11) is 0. The van der Waals surface area contributed by atoms with Crippen molar-refractivity contribution in [2.24, 2.45) is 0 Å². The van der Waals surface area contributed by atoms with Gasteiger partial charge in [-0.25, -0.2) is 19.2 Å². The summed E-state index contributed by atoms with van der Waals surface area (Å²) in [6, 6.07) is 6.80. The number of hydrogen-bond donors (Lipinski definition) is 1. The van der Waals surface area contributed by atoms with Crippen molar-refractivity contribution in [2.45, 2.75) is 19.6 Å². The Bertz CT molecular complexity index is 1370. The number of esters is 1. The molecular formula is C22H16FN5O3. The number of anilines is 1. The summed E-state index contributed by atoms with van der Waals surface area (Å²) in [5.41, 5.74) is 4.39. The lowest BCUT2D eigenvalue weighted by molar-refractivity contribution is 0.0463. The lowest BCUT2D eigenvalue weighted by Crippen LogP contribution is -2.13. The van der Waals surface area contributed by atoms with Crippen LogP contribution in [0.15, 0.2) is 43.0 Å². The third-order valence-electron chi connectivity index (χ3n) is 5.64. The zero-order chi connectivity index (χ0) is 20.9. The van der Waals surface area contributed by atoms with Crippen molar-refractivity contribution in [3.63, 3.8) is 0 Å². The maximum absolute atomic E-state index is 14.5. The van der Waals surface area contributed by atoms with Gasteiger partial charge in [-0.15, -0.1) is 0 Å². The zero-order valence-electron chi connectivity index (χ0n) is 16.3. The number of pyridine rings is 1. The molecule has 8 nitrogen and oxygen atoms in total. The second-order valence-corrected chi connectivity index (χ2v) is 7.34. The van der Waals surface area contributed by atoms with Gasteiger partial charge in [-0.05, 0) is 18.2 Å². The maximum Gasteiger partial charge on any atom is 0.359 e. The topological polar surface area (TPSA) is 90.6 Å². The first-order chi connectivity index (χ1) is 15.2. The van der Waals surface area contributed by atoms with Crippen LogP contribution in [0.1, 0.15) is 27.3 Å². The molecule has 154 valence electrons. The fourth-order valence-electron chi connectivity index (χ4n) is 4.17. The highest BCUT2D eigenvalue weighted by Crippen LogP contribution is 2.33. The molecule has 0 aliphatic carbocycles. The van der Waals surface area contributed by atoms with Gasteiger partial charge in [0.2, 0.25) is 5.95 Å². The van der Waals surface area contributed by atoms with Gasteiger partial charge in [0, 0.05) is 47.6 Å². The van der Waals surface area contributed by atoms with Gasteiger partial charge in [0.05, 0.1) is 17.8 Å². The lowest BCUT2D eigenvalue weighted by Gasteiger charge is -2.16. The van der Waals surface area contributed by atoms with E-state index in [4.69, 9.17) is 9.47 Å². The van der Waals surface area contributed by atoms with Gasteiger partial charge in [-0.1, -0.05) is 6.07 Å². The van der Waals surface area contributed by atoms with E-state index in [1.165, 1.54) is 12.4 Å². The zero-order valence-corrected chi connectivity index (χ0v) is 16.3.